The molecule has 2 heterocycles. The average Bonchev–Trinajstić information content (AvgIpc) is 3.21. The maximum atomic E-state index is 14.0. The van der Waals surface area contributed by atoms with E-state index in [1.807, 2.05) is 12.1 Å². The molecule has 2 N–H and O–H groups in total. The highest BCUT2D eigenvalue weighted by atomic mass is 32.2. The highest BCUT2D eigenvalue weighted by molar-refractivity contribution is 7.92. The van der Waals surface area contributed by atoms with E-state index in [0.29, 0.717) is 5.56 Å². The lowest BCUT2D eigenvalue weighted by molar-refractivity contribution is -0.116. The molecule has 0 atom stereocenters. The van der Waals surface area contributed by atoms with Crippen LogP contribution in [0, 0.1) is 5.82 Å². The number of carbonyl (C=O) groups is 1. The van der Waals surface area contributed by atoms with E-state index < -0.39 is 15.8 Å². The molecule has 1 aliphatic rings. The van der Waals surface area contributed by atoms with Gasteiger partial charge in [0.05, 0.1) is 11.9 Å². The Morgan fingerprint density at radius 3 is 2.62 bits per heavy atom. The Morgan fingerprint density at radius 2 is 2.00 bits per heavy atom. The van der Waals surface area contributed by atoms with E-state index in [1.165, 1.54) is 31.1 Å². The van der Waals surface area contributed by atoms with Crippen LogP contribution >= 0.6 is 0 Å². The Kier molecular flexibility index (Phi) is 6.48. The predicted octanol–water partition coefficient (Wildman–Crippen LogP) is 2.52. The van der Waals surface area contributed by atoms with Crippen molar-refractivity contribution in [2.45, 2.75) is 19.4 Å². The van der Waals surface area contributed by atoms with Crippen molar-refractivity contribution in [1.82, 2.24) is 10.3 Å². The summed E-state index contributed by atoms with van der Waals surface area (Å²) in [6.45, 7) is 2.17. The molecule has 0 aliphatic carbocycles. The smallest absolute Gasteiger partial charge is 0.244 e. The summed E-state index contributed by atoms with van der Waals surface area (Å²) in [5, 5.41) is 2.66. The molecule has 1 fully saturated rings. The van der Waals surface area contributed by atoms with Gasteiger partial charge in [-0.05, 0) is 54.3 Å². The molecule has 0 unspecified atom stereocenters. The SMILES string of the molecule is CS(=O)(=O)Nc1ccc(CNC(=O)/C=C\c2ccc(N3CCCC3)nc2)cc1F. The number of benzene rings is 1. The van der Waals surface area contributed by atoms with Crippen molar-refractivity contribution < 1.29 is 17.6 Å². The van der Waals surface area contributed by atoms with Crippen LogP contribution in [-0.2, 0) is 21.4 Å². The third kappa shape index (κ3) is 6.28. The van der Waals surface area contributed by atoms with Gasteiger partial charge in [0.1, 0.15) is 11.6 Å². The van der Waals surface area contributed by atoms with Crippen LogP contribution in [0.1, 0.15) is 24.0 Å². The van der Waals surface area contributed by atoms with Crippen LogP contribution in [0.25, 0.3) is 6.08 Å². The van der Waals surface area contributed by atoms with Gasteiger partial charge in [-0.1, -0.05) is 6.07 Å². The van der Waals surface area contributed by atoms with Gasteiger partial charge in [-0.3, -0.25) is 9.52 Å². The number of anilines is 2. The Balaban J connectivity index is 1.52. The first-order valence-corrected chi connectivity index (χ1v) is 11.1. The van der Waals surface area contributed by atoms with E-state index in [2.05, 4.69) is 19.9 Å². The summed E-state index contributed by atoms with van der Waals surface area (Å²) in [6.07, 6.45) is 8.09. The maximum Gasteiger partial charge on any atom is 0.244 e. The monoisotopic (exact) mass is 418 g/mol. The topological polar surface area (TPSA) is 91.4 Å². The molecule has 9 heteroatoms. The standard InChI is InChI=1S/C20H23FN4O3S/c1-29(27,28)24-18-7-4-16(12-17(18)21)14-23-20(26)9-6-15-5-8-19(22-13-15)25-10-2-3-11-25/h4-9,12-13,24H,2-3,10-11,14H2,1H3,(H,23,26)/b9-6-. The van der Waals surface area contributed by atoms with Crippen LogP contribution in [0.15, 0.2) is 42.6 Å². The van der Waals surface area contributed by atoms with E-state index in [1.54, 1.807) is 18.3 Å². The Bertz CT molecular complexity index is 1000. The van der Waals surface area contributed by atoms with Crippen molar-refractivity contribution in [3.8, 4) is 0 Å². The van der Waals surface area contributed by atoms with Crippen LogP contribution in [0.5, 0.6) is 0 Å². The lowest BCUT2D eigenvalue weighted by Crippen LogP contribution is -2.20. The molecule has 1 aromatic carbocycles. The van der Waals surface area contributed by atoms with Crippen molar-refractivity contribution in [2.24, 2.45) is 0 Å². The Hall–Kier alpha value is -2.94. The summed E-state index contributed by atoms with van der Waals surface area (Å²) in [7, 11) is -3.56. The maximum absolute atomic E-state index is 14.0. The number of sulfonamides is 1. The summed E-state index contributed by atoms with van der Waals surface area (Å²) in [4.78, 5) is 18.7. The van der Waals surface area contributed by atoms with Gasteiger partial charge >= 0.3 is 0 Å². The summed E-state index contributed by atoms with van der Waals surface area (Å²) in [6, 6.07) is 7.90. The first-order chi connectivity index (χ1) is 13.8. The van der Waals surface area contributed by atoms with Crippen molar-refractivity contribution in [2.75, 3.05) is 29.0 Å². The van der Waals surface area contributed by atoms with Gasteiger partial charge in [-0.15, -0.1) is 0 Å². The fourth-order valence-corrected chi connectivity index (χ4v) is 3.57. The fourth-order valence-electron chi connectivity index (χ4n) is 3.00. The number of nitrogens with one attached hydrogen (secondary N) is 2. The molecule has 3 rings (SSSR count). The predicted molar refractivity (Wildman–Crippen MR) is 111 cm³/mol. The molecule has 2 aromatic rings. The molecule has 0 spiro atoms. The van der Waals surface area contributed by atoms with E-state index in [-0.39, 0.29) is 18.1 Å². The highest BCUT2D eigenvalue weighted by Gasteiger charge is 2.12. The molecule has 0 bridgehead atoms. The van der Waals surface area contributed by atoms with Crippen molar-refractivity contribution in [3.63, 3.8) is 0 Å². The molecule has 0 radical (unpaired) electrons. The van der Waals surface area contributed by atoms with Gasteiger partial charge in [0.15, 0.2) is 0 Å². The van der Waals surface area contributed by atoms with E-state index in [0.717, 1.165) is 30.7 Å². The van der Waals surface area contributed by atoms with Crippen molar-refractivity contribution in [3.05, 3.63) is 59.5 Å². The number of halogens is 1. The number of hydrogen-bond acceptors (Lipinski definition) is 5. The van der Waals surface area contributed by atoms with Crippen LogP contribution in [0.3, 0.4) is 0 Å². The lowest BCUT2D eigenvalue weighted by Gasteiger charge is -2.15. The van der Waals surface area contributed by atoms with Crippen LogP contribution in [0.2, 0.25) is 0 Å². The number of pyridine rings is 1. The second-order valence-corrected chi connectivity index (χ2v) is 8.63. The minimum atomic E-state index is -3.56. The molecule has 1 aliphatic heterocycles. The molecular formula is C20H23FN4O3S. The van der Waals surface area contributed by atoms with Crippen molar-refractivity contribution in [1.29, 1.82) is 0 Å². The van der Waals surface area contributed by atoms with Crippen LogP contribution in [0.4, 0.5) is 15.9 Å². The number of aromatic nitrogens is 1. The summed E-state index contributed by atoms with van der Waals surface area (Å²) >= 11 is 0. The average molecular weight is 418 g/mol. The normalized spacial score (nSPS) is 14.3. The van der Waals surface area contributed by atoms with Crippen LogP contribution < -0.4 is 14.9 Å². The van der Waals surface area contributed by atoms with Gasteiger partial charge in [0, 0.05) is 31.9 Å². The third-order valence-electron chi connectivity index (χ3n) is 4.42. The quantitative estimate of drug-likeness (QED) is 0.675. The number of amides is 1. The third-order valence-corrected chi connectivity index (χ3v) is 5.01. The first kappa shape index (κ1) is 20.8. The van der Waals surface area contributed by atoms with Crippen molar-refractivity contribution >= 4 is 33.5 Å². The zero-order valence-corrected chi connectivity index (χ0v) is 16.9. The Labute approximate surface area is 169 Å². The number of nitrogens with zero attached hydrogens (tertiary/aromatic N) is 2. The van der Waals surface area contributed by atoms with Crippen LogP contribution in [-0.4, -0.2) is 38.7 Å². The van der Waals surface area contributed by atoms with Gasteiger partial charge in [-0.2, -0.15) is 0 Å². The molecule has 1 amide bonds. The molecule has 7 nitrogen and oxygen atoms in total. The van der Waals surface area contributed by atoms with Gasteiger partial charge in [0.2, 0.25) is 15.9 Å². The largest absolute Gasteiger partial charge is 0.357 e. The number of rotatable bonds is 7. The van der Waals surface area contributed by atoms with Gasteiger partial charge in [0.25, 0.3) is 0 Å². The lowest BCUT2D eigenvalue weighted by atomic mass is 10.2. The molecule has 29 heavy (non-hydrogen) atoms. The minimum Gasteiger partial charge on any atom is -0.357 e. The van der Waals surface area contributed by atoms with E-state index in [4.69, 9.17) is 0 Å². The number of carbonyl (C=O) groups excluding carboxylic acids is 1. The summed E-state index contributed by atoms with van der Waals surface area (Å²) in [5.41, 5.74) is 1.19. The first-order valence-electron chi connectivity index (χ1n) is 9.23. The molecular weight excluding hydrogens is 395 g/mol. The van der Waals surface area contributed by atoms with E-state index in [9.17, 15) is 17.6 Å². The molecule has 154 valence electrons. The second kappa shape index (κ2) is 9.04. The van der Waals surface area contributed by atoms with E-state index >= 15 is 0 Å². The zero-order chi connectivity index (χ0) is 20.9. The highest BCUT2D eigenvalue weighted by Crippen LogP contribution is 2.18. The fraction of sp³-hybridized carbons (Fsp3) is 0.300. The molecule has 1 saturated heterocycles. The molecule has 0 saturated carbocycles. The second-order valence-electron chi connectivity index (χ2n) is 6.88. The van der Waals surface area contributed by atoms with Gasteiger partial charge < -0.3 is 10.2 Å². The summed E-state index contributed by atoms with van der Waals surface area (Å²) < 4.78 is 38.4. The summed E-state index contributed by atoms with van der Waals surface area (Å²) in [5.74, 6) is -0.0887. The number of hydrogen-bond donors (Lipinski definition) is 2. The molecule has 1 aromatic heterocycles. The minimum absolute atomic E-state index is 0.116. The zero-order valence-electron chi connectivity index (χ0n) is 16.1. The van der Waals surface area contributed by atoms with Gasteiger partial charge in [-0.25, -0.2) is 17.8 Å². The Morgan fingerprint density at radius 1 is 1.24 bits per heavy atom.